The predicted molar refractivity (Wildman–Crippen MR) is 163 cm³/mol. The van der Waals surface area contributed by atoms with Crippen molar-refractivity contribution in [2.45, 2.75) is 13.5 Å². The van der Waals surface area contributed by atoms with E-state index in [-0.39, 0.29) is 0 Å². The molecule has 3 aromatic heterocycles. The number of anilines is 2. The number of nitrogens with zero attached hydrogens (tertiary/aromatic N) is 5. The summed E-state index contributed by atoms with van der Waals surface area (Å²) in [5.41, 5.74) is 5.00. The number of carboxylic acids is 1. The maximum absolute atomic E-state index is 11.5. The number of benzene rings is 2. The zero-order valence-electron chi connectivity index (χ0n) is 22.8. The molecule has 0 aliphatic carbocycles. The van der Waals surface area contributed by atoms with Gasteiger partial charge in [-0.05, 0) is 25.1 Å². The Morgan fingerprint density at radius 1 is 0.952 bits per heavy atom. The Morgan fingerprint density at radius 2 is 1.67 bits per heavy atom. The van der Waals surface area contributed by atoms with Crippen LogP contribution in [0, 0.1) is 5.41 Å². The van der Waals surface area contributed by atoms with Gasteiger partial charge in [0.1, 0.15) is 5.52 Å². The lowest BCUT2D eigenvalue weighted by Crippen LogP contribution is -2.58. The summed E-state index contributed by atoms with van der Waals surface area (Å²) in [6, 6.07) is 17.0. The number of rotatable bonds is 8. The quantitative estimate of drug-likeness (QED) is 0.200. The van der Waals surface area contributed by atoms with Crippen LogP contribution in [0.15, 0.2) is 73.2 Å². The Labute approximate surface area is 252 Å². The number of carboxylic acid groups (broad SMARTS) is 1. The summed E-state index contributed by atoms with van der Waals surface area (Å²) in [6.07, 6.45) is 4.92. The summed E-state index contributed by atoms with van der Waals surface area (Å²) < 4.78 is 5.61. The molecule has 0 atom stereocenters. The molecule has 5 aromatic rings. The van der Waals surface area contributed by atoms with Crippen LogP contribution in [0.25, 0.3) is 33.4 Å². The van der Waals surface area contributed by atoms with E-state index in [2.05, 4.69) is 25.2 Å². The number of methoxy groups -OCH3 is 1. The lowest BCUT2D eigenvalue weighted by atomic mass is 9.82. The fourth-order valence-corrected chi connectivity index (χ4v) is 5.83. The van der Waals surface area contributed by atoms with Gasteiger partial charge in [0.25, 0.3) is 0 Å². The van der Waals surface area contributed by atoms with Crippen LogP contribution < -0.4 is 10.1 Å². The van der Waals surface area contributed by atoms with E-state index in [1.807, 2.05) is 48.5 Å². The van der Waals surface area contributed by atoms with Crippen LogP contribution in [-0.4, -0.2) is 56.1 Å². The number of carbonyl (C=O) groups is 1. The highest BCUT2D eigenvalue weighted by Gasteiger charge is 2.45. The number of pyridine rings is 2. The third-order valence-corrected chi connectivity index (χ3v) is 8.21. The number of aromatic nitrogens is 4. The van der Waals surface area contributed by atoms with Gasteiger partial charge in [0.05, 0.1) is 39.5 Å². The molecule has 0 saturated carbocycles. The Hall–Kier alpha value is -4.31. The van der Waals surface area contributed by atoms with E-state index < -0.39 is 11.4 Å². The molecule has 212 valence electrons. The molecule has 0 radical (unpaired) electrons. The highest BCUT2D eigenvalue weighted by Crippen LogP contribution is 2.42. The molecule has 1 aliphatic rings. The van der Waals surface area contributed by atoms with Crippen LogP contribution in [0.1, 0.15) is 12.5 Å². The highest BCUT2D eigenvalue weighted by atomic mass is 35.5. The van der Waals surface area contributed by atoms with Crippen LogP contribution in [0.2, 0.25) is 10.0 Å². The van der Waals surface area contributed by atoms with Crippen molar-refractivity contribution in [3.05, 3.63) is 88.8 Å². The van der Waals surface area contributed by atoms with Gasteiger partial charge in [-0.15, -0.1) is 0 Å². The van der Waals surface area contributed by atoms with Crippen molar-refractivity contribution in [2.24, 2.45) is 5.41 Å². The number of hydrogen-bond donors (Lipinski definition) is 2. The molecule has 0 amide bonds. The summed E-state index contributed by atoms with van der Waals surface area (Å²) in [6.45, 7) is 3.24. The van der Waals surface area contributed by atoms with Crippen LogP contribution in [0.5, 0.6) is 5.88 Å². The number of aliphatic carboxylic acids is 1. The van der Waals surface area contributed by atoms with Gasteiger partial charge in [0.15, 0.2) is 5.82 Å². The highest BCUT2D eigenvalue weighted by molar-refractivity contribution is 6.39. The predicted octanol–water partition coefficient (Wildman–Crippen LogP) is 6.72. The molecular formula is C31H26Cl2N6O3. The minimum atomic E-state index is -0.783. The molecule has 1 aliphatic heterocycles. The average molecular weight is 601 g/mol. The van der Waals surface area contributed by atoms with Gasteiger partial charge in [-0.25, -0.2) is 15.0 Å². The Kier molecular flexibility index (Phi) is 7.40. The molecule has 0 spiro atoms. The first-order valence-electron chi connectivity index (χ1n) is 13.2. The van der Waals surface area contributed by atoms with Crippen LogP contribution in [0.3, 0.4) is 0 Å². The smallest absolute Gasteiger partial charge is 0.311 e. The monoisotopic (exact) mass is 600 g/mol. The summed E-state index contributed by atoms with van der Waals surface area (Å²) >= 11 is 13.9. The van der Waals surface area contributed by atoms with Crippen molar-refractivity contribution in [3.8, 4) is 28.3 Å². The van der Waals surface area contributed by atoms with E-state index in [9.17, 15) is 9.90 Å². The first-order valence-corrected chi connectivity index (χ1v) is 13.9. The molecule has 0 bridgehead atoms. The van der Waals surface area contributed by atoms with E-state index in [0.29, 0.717) is 58.3 Å². The molecule has 9 nitrogen and oxygen atoms in total. The van der Waals surface area contributed by atoms with Crippen molar-refractivity contribution in [1.29, 1.82) is 0 Å². The molecule has 1 fully saturated rings. The van der Waals surface area contributed by atoms with Crippen molar-refractivity contribution in [3.63, 3.8) is 0 Å². The molecule has 0 unspecified atom stereocenters. The zero-order chi connectivity index (χ0) is 29.4. The first kappa shape index (κ1) is 27.8. The summed E-state index contributed by atoms with van der Waals surface area (Å²) in [5.74, 6) is 0.226. The Morgan fingerprint density at radius 3 is 2.43 bits per heavy atom. The van der Waals surface area contributed by atoms with E-state index in [4.69, 9.17) is 32.9 Å². The van der Waals surface area contributed by atoms with E-state index in [1.165, 1.54) is 0 Å². The second-order valence-electron chi connectivity index (χ2n) is 10.4. The lowest BCUT2D eigenvalue weighted by Gasteiger charge is -2.45. The lowest BCUT2D eigenvalue weighted by molar-refractivity contribution is -0.158. The number of nitrogens with one attached hydrogen (secondary N) is 1. The topological polar surface area (TPSA) is 113 Å². The van der Waals surface area contributed by atoms with Crippen molar-refractivity contribution < 1.29 is 14.6 Å². The molecular weight excluding hydrogens is 575 g/mol. The fraction of sp³-hybridized carbons (Fsp3) is 0.194. The third-order valence-electron chi connectivity index (χ3n) is 7.39. The maximum Gasteiger partial charge on any atom is 0.311 e. The molecule has 42 heavy (non-hydrogen) atoms. The Balaban J connectivity index is 1.29. The average Bonchev–Trinajstić information content (AvgIpc) is 2.98. The van der Waals surface area contributed by atoms with Gasteiger partial charge in [-0.1, -0.05) is 59.6 Å². The van der Waals surface area contributed by atoms with Gasteiger partial charge < -0.3 is 15.2 Å². The zero-order valence-corrected chi connectivity index (χ0v) is 24.3. The van der Waals surface area contributed by atoms with E-state index >= 15 is 0 Å². The van der Waals surface area contributed by atoms with Gasteiger partial charge in [-0.2, -0.15) is 0 Å². The minimum Gasteiger partial charge on any atom is -0.481 e. The summed E-state index contributed by atoms with van der Waals surface area (Å²) in [7, 11) is 1.57. The molecule has 11 heteroatoms. The van der Waals surface area contributed by atoms with Gasteiger partial charge >= 0.3 is 5.97 Å². The molecule has 6 rings (SSSR count). The molecule has 1 saturated heterocycles. The second-order valence-corrected chi connectivity index (χ2v) is 11.2. The number of ether oxygens (including phenoxy) is 1. The maximum atomic E-state index is 11.5. The third kappa shape index (κ3) is 5.11. The van der Waals surface area contributed by atoms with Gasteiger partial charge in [0.2, 0.25) is 5.88 Å². The molecule has 2 N–H and O–H groups in total. The summed E-state index contributed by atoms with van der Waals surface area (Å²) in [4.78, 5) is 31.5. The van der Waals surface area contributed by atoms with Gasteiger partial charge in [-0.3, -0.25) is 14.7 Å². The largest absolute Gasteiger partial charge is 0.481 e. The van der Waals surface area contributed by atoms with Crippen LogP contribution in [0.4, 0.5) is 11.5 Å². The Bertz CT molecular complexity index is 1820. The molecule has 4 heterocycles. The summed E-state index contributed by atoms with van der Waals surface area (Å²) in [5, 5.41) is 13.7. The number of hydrogen-bond acceptors (Lipinski definition) is 8. The van der Waals surface area contributed by atoms with Crippen LogP contribution >= 0.6 is 23.2 Å². The number of likely N-dealkylation sites (tertiary alicyclic amines) is 1. The number of fused-ring (bicyclic) bond motifs is 1. The first-order chi connectivity index (χ1) is 20.3. The van der Waals surface area contributed by atoms with E-state index in [0.717, 1.165) is 27.8 Å². The van der Waals surface area contributed by atoms with Crippen molar-refractivity contribution in [2.75, 3.05) is 25.5 Å². The minimum absolute atomic E-state index is 0.466. The van der Waals surface area contributed by atoms with Gasteiger partial charge in [0, 0.05) is 60.5 Å². The van der Waals surface area contributed by atoms with Crippen molar-refractivity contribution in [1.82, 2.24) is 24.8 Å². The van der Waals surface area contributed by atoms with E-state index in [1.54, 1.807) is 38.7 Å². The van der Waals surface area contributed by atoms with Crippen LogP contribution in [-0.2, 0) is 11.3 Å². The second kappa shape index (κ2) is 11.2. The normalized spacial score (nSPS) is 14.4. The van der Waals surface area contributed by atoms with Crippen molar-refractivity contribution >= 4 is 51.7 Å². The SMILES string of the molecule is COc1nc(-c2cccc(-c3cccc(Nc4nccc5nccnc45)c3Cl)c2Cl)ccc1CN1CC(C)(C(=O)O)C1. The fourth-order valence-electron chi connectivity index (χ4n) is 5.24. The number of halogens is 2. The molecule has 2 aromatic carbocycles. The standard InChI is InChI=1S/C31H26Cl2N6O3/c1-31(30(40)41)16-39(17-31)15-18-9-10-22(38-29(18)42-2)21-7-3-5-19(25(21)32)20-6-4-8-23(26(20)33)37-28-27-24(11-12-36-28)34-13-14-35-27/h3-14H,15-17H2,1-2H3,(H,36,37)(H,40,41).